The Morgan fingerprint density at radius 1 is 1.07 bits per heavy atom. The molecule has 2 aliphatic heterocycles. The third-order valence-corrected chi connectivity index (χ3v) is 5.19. The number of para-hydroxylation sites is 1. The van der Waals surface area contributed by atoms with E-state index in [1.165, 1.54) is 26.4 Å². The zero-order valence-electron chi connectivity index (χ0n) is 14.8. The van der Waals surface area contributed by atoms with Gasteiger partial charge in [0, 0.05) is 10.6 Å². The van der Waals surface area contributed by atoms with Crippen molar-refractivity contribution in [2.24, 2.45) is 11.1 Å². The highest BCUT2D eigenvalue weighted by Gasteiger charge is 2.57. The average Bonchev–Trinajstić information content (AvgIpc) is 3.23. The minimum absolute atomic E-state index is 0.208. The summed E-state index contributed by atoms with van der Waals surface area (Å²) in [7, 11) is 2.99. The second-order valence-electron chi connectivity index (χ2n) is 6.13. The smallest absolute Gasteiger partial charge is 0.279 e. The molecule has 1 saturated heterocycles. The van der Waals surface area contributed by atoms with Crippen LogP contribution >= 0.6 is 23.2 Å². The Balaban J connectivity index is 1.77. The summed E-state index contributed by atoms with van der Waals surface area (Å²) < 4.78 is 10.7. The second kappa shape index (κ2) is 7.00. The average molecular weight is 421 g/mol. The van der Waals surface area contributed by atoms with E-state index in [1.54, 1.807) is 24.3 Å². The molecule has 9 heteroatoms. The minimum atomic E-state index is -1.08. The molecule has 0 spiro atoms. The molecular formula is C19H14Cl2N2O5. The fraction of sp³-hybridized carbons (Fsp3) is 0.211. The third kappa shape index (κ3) is 2.70. The Bertz CT molecular complexity index is 1020. The molecule has 2 heterocycles. The Hall–Kier alpha value is -2.77. The second-order valence-corrected chi connectivity index (χ2v) is 6.97. The molecule has 2 aromatic carbocycles. The van der Waals surface area contributed by atoms with Crippen molar-refractivity contribution in [1.29, 1.82) is 0 Å². The molecule has 0 N–H and O–H groups in total. The number of carbonyl (C=O) groups is 2. The number of fused-ring (bicyclic) bond motifs is 1. The van der Waals surface area contributed by atoms with E-state index >= 15 is 0 Å². The first kappa shape index (κ1) is 18.6. The topological polar surface area (TPSA) is 77.4 Å². The maximum atomic E-state index is 13.2. The van der Waals surface area contributed by atoms with Gasteiger partial charge in [-0.15, -0.1) is 0 Å². The molecule has 0 radical (unpaired) electrons. The first-order valence-corrected chi connectivity index (χ1v) is 9.01. The lowest BCUT2D eigenvalue weighted by atomic mass is 9.93. The highest BCUT2D eigenvalue weighted by molar-refractivity contribution is 6.39. The van der Waals surface area contributed by atoms with Crippen molar-refractivity contribution < 1.29 is 23.9 Å². The van der Waals surface area contributed by atoms with E-state index in [0.29, 0.717) is 27.8 Å². The van der Waals surface area contributed by atoms with Gasteiger partial charge >= 0.3 is 0 Å². The number of hydrogen-bond donors (Lipinski definition) is 0. The van der Waals surface area contributed by atoms with E-state index in [9.17, 15) is 9.59 Å². The van der Waals surface area contributed by atoms with Crippen molar-refractivity contribution in [2.45, 2.75) is 6.10 Å². The summed E-state index contributed by atoms with van der Waals surface area (Å²) >= 11 is 12.2. The number of anilines is 1. The van der Waals surface area contributed by atoms with Crippen molar-refractivity contribution in [3.05, 3.63) is 52.0 Å². The fourth-order valence-electron chi connectivity index (χ4n) is 3.38. The normalized spacial score (nSPS) is 20.7. The Kier molecular flexibility index (Phi) is 4.64. The minimum Gasteiger partial charge on any atom is -0.493 e. The summed E-state index contributed by atoms with van der Waals surface area (Å²) in [4.78, 5) is 32.4. The molecule has 2 amide bonds. The molecule has 144 valence electrons. The van der Waals surface area contributed by atoms with Crippen LogP contribution in [-0.4, -0.2) is 37.8 Å². The highest BCUT2D eigenvalue weighted by atomic mass is 35.5. The van der Waals surface area contributed by atoms with Gasteiger partial charge in [-0.3, -0.25) is 9.59 Å². The van der Waals surface area contributed by atoms with E-state index in [-0.39, 0.29) is 10.7 Å². The standard InChI is InChI=1S/C19H14Cl2N2O5/c1-26-13-5-3-4-10(16(13)27-2)15-14-17(28-22-15)19(25)23(18(14)24)12-8-9(20)6-7-11(12)21/h3-8,14,17H,1-2H3/t14-,17+/m0/s1. The lowest BCUT2D eigenvalue weighted by Gasteiger charge is -2.17. The van der Waals surface area contributed by atoms with Gasteiger partial charge in [0.05, 0.1) is 24.9 Å². The zero-order chi connectivity index (χ0) is 20.0. The van der Waals surface area contributed by atoms with E-state index in [1.807, 2.05) is 0 Å². The van der Waals surface area contributed by atoms with Gasteiger partial charge in [0.15, 0.2) is 11.5 Å². The van der Waals surface area contributed by atoms with Gasteiger partial charge in [0.25, 0.3) is 5.91 Å². The molecule has 28 heavy (non-hydrogen) atoms. The van der Waals surface area contributed by atoms with E-state index < -0.39 is 23.8 Å². The predicted molar refractivity (Wildman–Crippen MR) is 103 cm³/mol. The monoisotopic (exact) mass is 420 g/mol. The first-order valence-electron chi connectivity index (χ1n) is 8.26. The summed E-state index contributed by atoms with van der Waals surface area (Å²) in [5.41, 5.74) is 1.01. The number of amides is 2. The van der Waals surface area contributed by atoms with Crippen LogP contribution in [0.5, 0.6) is 11.5 Å². The van der Waals surface area contributed by atoms with Crippen LogP contribution in [0.2, 0.25) is 10.0 Å². The van der Waals surface area contributed by atoms with Crippen LogP contribution in [-0.2, 0) is 14.4 Å². The number of methoxy groups -OCH3 is 2. The van der Waals surface area contributed by atoms with Gasteiger partial charge in [-0.2, -0.15) is 0 Å². The molecule has 0 aromatic heterocycles. The molecule has 2 aliphatic rings. The molecule has 4 rings (SSSR count). The Morgan fingerprint density at radius 2 is 1.86 bits per heavy atom. The van der Waals surface area contributed by atoms with Gasteiger partial charge < -0.3 is 14.3 Å². The quantitative estimate of drug-likeness (QED) is 0.709. The fourth-order valence-corrected chi connectivity index (χ4v) is 3.75. The number of hydrogen-bond acceptors (Lipinski definition) is 6. The number of ether oxygens (including phenoxy) is 2. The lowest BCUT2D eigenvalue weighted by molar-refractivity contribution is -0.126. The lowest BCUT2D eigenvalue weighted by Crippen LogP contribution is -2.33. The molecule has 0 aliphatic carbocycles. The number of benzene rings is 2. The molecule has 1 fully saturated rings. The number of rotatable bonds is 4. The molecule has 2 atom stereocenters. The van der Waals surface area contributed by atoms with E-state index in [2.05, 4.69) is 5.16 Å². The first-order chi connectivity index (χ1) is 13.5. The number of oxime groups is 1. The largest absolute Gasteiger partial charge is 0.493 e. The maximum Gasteiger partial charge on any atom is 0.279 e. The van der Waals surface area contributed by atoms with Gasteiger partial charge in [0.2, 0.25) is 12.0 Å². The maximum absolute atomic E-state index is 13.2. The van der Waals surface area contributed by atoms with E-state index in [0.717, 1.165) is 4.90 Å². The van der Waals surface area contributed by atoms with E-state index in [4.69, 9.17) is 37.5 Å². The molecule has 0 saturated carbocycles. The molecule has 2 aromatic rings. The molecule has 7 nitrogen and oxygen atoms in total. The van der Waals surface area contributed by atoms with Gasteiger partial charge in [-0.1, -0.05) is 34.4 Å². The van der Waals surface area contributed by atoms with Gasteiger partial charge in [0.1, 0.15) is 11.6 Å². The van der Waals surface area contributed by atoms with Crippen molar-refractivity contribution >= 4 is 46.4 Å². The van der Waals surface area contributed by atoms with Crippen LogP contribution in [0.4, 0.5) is 5.69 Å². The van der Waals surface area contributed by atoms with Crippen molar-refractivity contribution in [3.8, 4) is 11.5 Å². The Labute approximate surface area is 170 Å². The van der Waals surface area contributed by atoms with Crippen molar-refractivity contribution in [2.75, 3.05) is 19.1 Å². The number of carbonyl (C=O) groups excluding carboxylic acids is 2. The predicted octanol–water partition coefficient (Wildman–Crippen LogP) is 3.30. The summed E-state index contributed by atoms with van der Waals surface area (Å²) in [6, 6.07) is 9.73. The Morgan fingerprint density at radius 3 is 2.57 bits per heavy atom. The van der Waals surface area contributed by atoms with Crippen LogP contribution < -0.4 is 14.4 Å². The molecule has 0 bridgehead atoms. The number of nitrogens with zero attached hydrogens (tertiary/aromatic N) is 2. The number of halogens is 2. The van der Waals surface area contributed by atoms with Crippen molar-refractivity contribution in [3.63, 3.8) is 0 Å². The van der Waals surface area contributed by atoms with Gasteiger partial charge in [-0.05, 0) is 30.3 Å². The summed E-state index contributed by atoms with van der Waals surface area (Å²) in [6.07, 6.45) is -1.08. The van der Waals surface area contributed by atoms with Crippen LogP contribution in [0.1, 0.15) is 5.56 Å². The van der Waals surface area contributed by atoms with Crippen LogP contribution in [0, 0.1) is 5.92 Å². The summed E-state index contributed by atoms with van der Waals surface area (Å²) in [5, 5.41) is 4.57. The zero-order valence-corrected chi connectivity index (χ0v) is 16.3. The highest BCUT2D eigenvalue weighted by Crippen LogP contribution is 2.41. The number of imide groups is 1. The van der Waals surface area contributed by atoms with Crippen LogP contribution in [0.15, 0.2) is 41.6 Å². The molecule has 0 unspecified atom stereocenters. The van der Waals surface area contributed by atoms with Crippen LogP contribution in [0.25, 0.3) is 0 Å². The van der Waals surface area contributed by atoms with Crippen molar-refractivity contribution in [1.82, 2.24) is 0 Å². The third-order valence-electron chi connectivity index (χ3n) is 4.64. The SMILES string of the molecule is COc1cccc(C2=NO[C@H]3C(=O)N(c4cc(Cl)ccc4Cl)C(=O)[C@@H]23)c1OC. The summed E-state index contributed by atoms with van der Waals surface area (Å²) in [5.74, 6) is -1.12. The molecular weight excluding hydrogens is 407 g/mol. The summed E-state index contributed by atoms with van der Waals surface area (Å²) in [6.45, 7) is 0. The van der Waals surface area contributed by atoms with Gasteiger partial charge in [-0.25, -0.2) is 4.90 Å². The van der Waals surface area contributed by atoms with Crippen LogP contribution in [0.3, 0.4) is 0 Å².